The number of rotatable bonds is 6. The zero-order valence-corrected chi connectivity index (χ0v) is 15.6. The van der Waals surface area contributed by atoms with Crippen molar-refractivity contribution in [3.8, 4) is 0 Å². The van der Waals surface area contributed by atoms with Crippen molar-refractivity contribution in [1.82, 2.24) is 20.4 Å². The van der Waals surface area contributed by atoms with Gasteiger partial charge in [0, 0.05) is 36.4 Å². The van der Waals surface area contributed by atoms with Crippen molar-refractivity contribution >= 4 is 23.2 Å². The van der Waals surface area contributed by atoms with E-state index in [4.69, 9.17) is 4.52 Å². The number of halogens is 1. The minimum atomic E-state index is -0.306. The fourth-order valence-electron chi connectivity index (χ4n) is 3.07. The molecular weight excluding hydrogens is 383 g/mol. The zero-order valence-electron chi connectivity index (χ0n) is 14.8. The Morgan fingerprint density at radius 3 is 2.89 bits per heavy atom. The predicted octanol–water partition coefficient (Wildman–Crippen LogP) is 2.72. The summed E-state index contributed by atoms with van der Waals surface area (Å²) in [6.45, 7) is 1.01. The second-order valence-electron chi connectivity index (χ2n) is 6.54. The molecule has 144 valence electrons. The Morgan fingerprint density at radius 2 is 2.14 bits per heavy atom. The number of carbonyl (C=O) groups excluding carboxylic acids is 2. The zero-order chi connectivity index (χ0) is 19.5. The van der Waals surface area contributed by atoms with Crippen LogP contribution in [0.15, 0.2) is 45.6 Å². The molecular formula is C19H17FN4O3S. The van der Waals surface area contributed by atoms with Crippen LogP contribution in [0.2, 0.25) is 0 Å². The molecule has 1 fully saturated rings. The molecule has 0 bridgehead atoms. The number of nitrogens with one attached hydrogen (secondary N) is 1. The van der Waals surface area contributed by atoms with Gasteiger partial charge in [0.1, 0.15) is 5.82 Å². The SMILES string of the molecule is O=C(NCc1nc([C@H]2CC(=O)N(Cc3ccc(F)cc3)C2)no1)c1ccsc1. The normalized spacial score (nSPS) is 16.5. The van der Waals surface area contributed by atoms with Gasteiger partial charge in [-0.05, 0) is 29.1 Å². The van der Waals surface area contributed by atoms with Gasteiger partial charge in [0.15, 0.2) is 5.82 Å². The quantitative estimate of drug-likeness (QED) is 0.687. The van der Waals surface area contributed by atoms with Crippen molar-refractivity contribution in [2.45, 2.75) is 25.4 Å². The Kier molecular flexibility index (Phi) is 5.16. The average molecular weight is 400 g/mol. The molecule has 9 heteroatoms. The lowest BCUT2D eigenvalue weighted by Gasteiger charge is -2.16. The van der Waals surface area contributed by atoms with Crippen LogP contribution < -0.4 is 5.32 Å². The third kappa shape index (κ3) is 4.09. The number of carbonyl (C=O) groups is 2. The van der Waals surface area contributed by atoms with Crippen LogP contribution in [-0.2, 0) is 17.9 Å². The highest BCUT2D eigenvalue weighted by atomic mass is 32.1. The molecule has 1 N–H and O–H groups in total. The second-order valence-corrected chi connectivity index (χ2v) is 7.32. The smallest absolute Gasteiger partial charge is 0.252 e. The third-order valence-corrected chi connectivity index (χ3v) is 5.22. The van der Waals surface area contributed by atoms with Crippen LogP contribution >= 0.6 is 11.3 Å². The Hall–Kier alpha value is -3.07. The second kappa shape index (κ2) is 7.89. The number of thiophene rings is 1. The van der Waals surface area contributed by atoms with E-state index in [0.717, 1.165) is 5.56 Å². The van der Waals surface area contributed by atoms with Gasteiger partial charge in [-0.3, -0.25) is 9.59 Å². The summed E-state index contributed by atoms with van der Waals surface area (Å²) < 4.78 is 18.2. The first-order valence-corrected chi connectivity index (χ1v) is 9.68. The lowest BCUT2D eigenvalue weighted by molar-refractivity contribution is -0.128. The van der Waals surface area contributed by atoms with Crippen molar-refractivity contribution < 1.29 is 18.5 Å². The minimum absolute atomic E-state index is 0.00793. The van der Waals surface area contributed by atoms with E-state index < -0.39 is 0 Å². The number of hydrogen-bond acceptors (Lipinski definition) is 6. The Balaban J connectivity index is 1.34. The van der Waals surface area contributed by atoms with Gasteiger partial charge in [-0.2, -0.15) is 16.3 Å². The van der Waals surface area contributed by atoms with E-state index in [0.29, 0.717) is 36.8 Å². The van der Waals surface area contributed by atoms with E-state index in [1.807, 2.05) is 5.38 Å². The molecule has 2 aromatic heterocycles. The van der Waals surface area contributed by atoms with E-state index in [9.17, 15) is 14.0 Å². The fraction of sp³-hybridized carbons (Fsp3) is 0.263. The molecule has 3 heterocycles. The molecule has 1 atom stereocenters. The highest BCUT2D eigenvalue weighted by Crippen LogP contribution is 2.27. The monoisotopic (exact) mass is 400 g/mol. The van der Waals surface area contributed by atoms with Gasteiger partial charge in [0.2, 0.25) is 11.8 Å². The fourth-order valence-corrected chi connectivity index (χ4v) is 3.70. The lowest BCUT2D eigenvalue weighted by Crippen LogP contribution is -2.24. The van der Waals surface area contributed by atoms with Crippen LogP contribution in [0.5, 0.6) is 0 Å². The van der Waals surface area contributed by atoms with Gasteiger partial charge in [-0.25, -0.2) is 4.39 Å². The summed E-state index contributed by atoms with van der Waals surface area (Å²) >= 11 is 1.44. The summed E-state index contributed by atoms with van der Waals surface area (Å²) in [6, 6.07) is 7.82. The molecule has 3 aromatic rings. The molecule has 0 saturated carbocycles. The molecule has 1 saturated heterocycles. The number of benzene rings is 1. The van der Waals surface area contributed by atoms with Gasteiger partial charge in [-0.1, -0.05) is 17.3 Å². The van der Waals surface area contributed by atoms with E-state index in [1.54, 1.807) is 28.5 Å². The molecule has 1 aliphatic rings. The highest BCUT2D eigenvalue weighted by Gasteiger charge is 2.33. The largest absolute Gasteiger partial charge is 0.343 e. The van der Waals surface area contributed by atoms with Gasteiger partial charge in [-0.15, -0.1) is 0 Å². The summed E-state index contributed by atoms with van der Waals surface area (Å²) in [7, 11) is 0. The molecule has 0 spiro atoms. The van der Waals surface area contributed by atoms with E-state index in [-0.39, 0.29) is 30.1 Å². The first kappa shape index (κ1) is 18.3. The standard InChI is InChI=1S/C19H17FN4O3S/c20-15-3-1-12(2-4-15)9-24-10-14(7-17(24)25)18-22-16(27-23-18)8-21-19(26)13-5-6-28-11-13/h1-6,11,14H,7-10H2,(H,21,26)/t14-/m0/s1. The van der Waals surface area contributed by atoms with E-state index in [2.05, 4.69) is 15.5 Å². The number of nitrogens with zero attached hydrogens (tertiary/aromatic N) is 3. The summed E-state index contributed by atoms with van der Waals surface area (Å²) in [5.41, 5.74) is 1.45. The molecule has 0 radical (unpaired) electrons. The molecule has 1 aromatic carbocycles. The maximum Gasteiger partial charge on any atom is 0.252 e. The van der Waals surface area contributed by atoms with E-state index >= 15 is 0 Å². The summed E-state index contributed by atoms with van der Waals surface area (Å²) in [6.07, 6.45) is 0.293. The number of amides is 2. The molecule has 0 aliphatic carbocycles. The summed E-state index contributed by atoms with van der Waals surface area (Å²) in [4.78, 5) is 30.3. The van der Waals surface area contributed by atoms with Crippen molar-refractivity contribution in [2.75, 3.05) is 6.54 Å². The van der Waals surface area contributed by atoms with Gasteiger partial charge in [0.05, 0.1) is 6.54 Å². The van der Waals surface area contributed by atoms with Crippen molar-refractivity contribution in [3.63, 3.8) is 0 Å². The maximum atomic E-state index is 13.0. The van der Waals surface area contributed by atoms with Crippen LogP contribution in [0.3, 0.4) is 0 Å². The topological polar surface area (TPSA) is 88.3 Å². The molecule has 0 unspecified atom stereocenters. The minimum Gasteiger partial charge on any atom is -0.343 e. The van der Waals surface area contributed by atoms with Crippen LogP contribution in [0.25, 0.3) is 0 Å². The number of likely N-dealkylation sites (tertiary alicyclic amines) is 1. The molecule has 4 rings (SSSR count). The number of aromatic nitrogens is 2. The van der Waals surface area contributed by atoms with Crippen LogP contribution in [0.4, 0.5) is 4.39 Å². The van der Waals surface area contributed by atoms with Crippen molar-refractivity contribution in [3.05, 3.63) is 69.8 Å². The highest BCUT2D eigenvalue weighted by molar-refractivity contribution is 7.08. The lowest BCUT2D eigenvalue weighted by atomic mass is 10.1. The Bertz CT molecular complexity index is 971. The van der Waals surface area contributed by atoms with Gasteiger partial charge >= 0.3 is 0 Å². The molecule has 28 heavy (non-hydrogen) atoms. The van der Waals surface area contributed by atoms with Crippen LogP contribution in [-0.4, -0.2) is 33.4 Å². The predicted molar refractivity (Wildman–Crippen MR) is 99.0 cm³/mol. The Morgan fingerprint density at radius 1 is 1.32 bits per heavy atom. The van der Waals surface area contributed by atoms with Crippen molar-refractivity contribution in [2.24, 2.45) is 0 Å². The van der Waals surface area contributed by atoms with Crippen LogP contribution in [0.1, 0.15) is 40.0 Å². The van der Waals surface area contributed by atoms with Crippen molar-refractivity contribution in [1.29, 1.82) is 0 Å². The Labute approximate surface area is 164 Å². The van der Waals surface area contributed by atoms with E-state index in [1.165, 1.54) is 23.5 Å². The summed E-state index contributed by atoms with van der Waals surface area (Å²) in [5, 5.41) is 10.3. The summed E-state index contributed by atoms with van der Waals surface area (Å²) in [5.74, 6) is 0.0597. The maximum absolute atomic E-state index is 13.0. The van der Waals surface area contributed by atoms with Crippen LogP contribution in [0, 0.1) is 5.82 Å². The van der Waals surface area contributed by atoms with Gasteiger partial charge < -0.3 is 14.7 Å². The molecule has 2 amide bonds. The third-order valence-electron chi connectivity index (χ3n) is 4.53. The molecule has 7 nitrogen and oxygen atoms in total. The first-order valence-electron chi connectivity index (χ1n) is 8.73. The van der Waals surface area contributed by atoms with Gasteiger partial charge in [0.25, 0.3) is 5.91 Å². The number of hydrogen-bond donors (Lipinski definition) is 1. The average Bonchev–Trinajstić information content (AvgIpc) is 3.43. The first-order chi connectivity index (χ1) is 13.6. The molecule has 1 aliphatic heterocycles.